The molecule has 5 heteroatoms. The Kier molecular flexibility index (Phi) is 3.59. The first-order valence-electron chi connectivity index (χ1n) is 5.80. The summed E-state index contributed by atoms with van der Waals surface area (Å²) in [5.74, 6) is 5.27. The quantitative estimate of drug-likeness (QED) is 0.480. The Hall–Kier alpha value is -2.24. The molecule has 1 aliphatic carbocycles. The number of benzene rings is 1. The van der Waals surface area contributed by atoms with Crippen LogP contribution in [0.1, 0.15) is 18.6 Å². The van der Waals surface area contributed by atoms with Gasteiger partial charge in [0, 0.05) is 11.6 Å². The maximum atomic E-state index is 11.7. The first-order chi connectivity index (χ1) is 9.00. The second-order valence-electron chi connectivity index (χ2n) is 4.23. The molecule has 3 N–H and O–H groups in total. The highest BCUT2D eigenvalue weighted by molar-refractivity contribution is 6.18. The van der Waals surface area contributed by atoms with Crippen molar-refractivity contribution in [3.8, 4) is 0 Å². The highest BCUT2D eigenvalue weighted by Gasteiger charge is 2.21. The molecule has 98 valence electrons. The largest absolute Gasteiger partial charge is 0.389 e. The van der Waals surface area contributed by atoms with E-state index in [-0.39, 0.29) is 17.3 Å². The zero-order valence-electron chi connectivity index (χ0n) is 10.4. The van der Waals surface area contributed by atoms with Crippen molar-refractivity contribution in [3.05, 3.63) is 53.8 Å². The summed E-state index contributed by atoms with van der Waals surface area (Å²) in [5, 5.41) is 10.8. The Labute approximate surface area is 110 Å². The van der Waals surface area contributed by atoms with E-state index in [1.54, 1.807) is 31.2 Å². The Morgan fingerprint density at radius 1 is 1.21 bits per heavy atom. The standard InChI is InChI=1S/C14H14N2O3/c1-9(17)11-4-2-3-5-12(11)16(15)13-8-10(18)6-7-14(13)19/h2-9,17H,15H2,1H3. The minimum absolute atomic E-state index is 0.0839. The lowest BCUT2D eigenvalue weighted by atomic mass is 10.1. The summed E-state index contributed by atoms with van der Waals surface area (Å²) in [6.07, 6.45) is 2.83. The third-order valence-corrected chi connectivity index (χ3v) is 2.84. The first-order valence-corrected chi connectivity index (χ1v) is 5.80. The van der Waals surface area contributed by atoms with Crippen LogP contribution in [0.3, 0.4) is 0 Å². The summed E-state index contributed by atoms with van der Waals surface area (Å²) in [7, 11) is 0. The van der Waals surface area contributed by atoms with Gasteiger partial charge in [-0.3, -0.25) is 14.6 Å². The molecule has 2 rings (SSSR count). The van der Waals surface area contributed by atoms with Crippen LogP contribution in [0, 0.1) is 0 Å². The Bertz CT molecular complexity index is 588. The molecule has 0 aromatic heterocycles. The fraction of sp³-hybridized carbons (Fsp3) is 0.143. The van der Waals surface area contributed by atoms with Gasteiger partial charge < -0.3 is 5.11 Å². The van der Waals surface area contributed by atoms with Crippen molar-refractivity contribution >= 4 is 17.3 Å². The summed E-state index contributed by atoms with van der Waals surface area (Å²) in [6, 6.07) is 6.90. The number of carbonyl (C=O) groups is 2. The number of aliphatic hydroxyl groups is 1. The van der Waals surface area contributed by atoms with Crippen LogP contribution in [0.4, 0.5) is 5.69 Å². The second kappa shape index (κ2) is 5.17. The molecule has 0 saturated carbocycles. The van der Waals surface area contributed by atoms with Crippen molar-refractivity contribution in [3.63, 3.8) is 0 Å². The average molecular weight is 258 g/mol. The number of carbonyl (C=O) groups excluding carboxylic acids is 2. The van der Waals surface area contributed by atoms with Crippen molar-refractivity contribution in [1.29, 1.82) is 0 Å². The Morgan fingerprint density at radius 3 is 2.58 bits per heavy atom. The number of ketones is 2. The van der Waals surface area contributed by atoms with Gasteiger partial charge in [-0.1, -0.05) is 18.2 Å². The van der Waals surface area contributed by atoms with Gasteiger partial charge in [-0.25, -0.2) is 5.84 Å². The molecule has 0 amide bonds. The predicted octanol–water partition coefficient (Wildman–Crippen LogP) is 1.01. The molecule has 0 heterocycles. The molecule has 0 bridgehead atoms. The summed E-state index contributed by atoms with van der Waals surface area (Å²) < 4.78 is 0. The SMILES string of the molecule is CC(O)c1ccccc1N(N)C1=CC(=O)C=CC1=O. The monoisotopic (exact) mass is 258 g/mol. The van der Waals surface area contributed by atoms with E-state index >= 15 is 0 Å². The van der Waals surface area contributed by atoms with E-state index in [2.05, 4.69) is 0 Å². The molecule has 0 saturated heterocycles. The van der Waals surface area contributed by atoms with Crippen LogP contribution >= 0.6 is 0 Å². The van der Waals surface area contributed by atoms with Crippen molar-refractivity contribution in [2.75, 3.05) is 5.01 Å². The molecule has 1 aromatic rings. The maximum Gasteiger partial charge on any atom is 0.203 e. The number of hydrogen-bond acceptors (Lipinski definition) is 5. The smallest absolute Gasteiger partial charge is 0.203 e. The van der Waals surface area contributed by atoms with Gasteiger partial charge >= 0.3 is 0 Å². The van der Waals surface area contributed by atoms with E-state index in [0.29, 0.717) is 11.3 Å². The molecular weight excluding hydrogens is 244 g/mol. The molecule has 1 aromatic carbocycles. The minimum atomic E-state index is -0.729. The molecular formula is C14H14N2O3. The number of para-hydroxylation sites is 1. The topological polar surface area (TPSA) is 83.6 Å². The number of nitrogens with two attached hydrogens (primary N) is 1. The molecule has 0 spiro atoms. The third kappa shape index (κ3) is 2.62. The summed E-state index contributed by atoms with van der Waals surface area (Å²) >= 11 is 0. The van der Waals surface area contributed by atoms with Gasteiger partial charge in [0.15, 0.2) is 5.78 Å². The van der Waals surface area contributed by atoms with Gasteiger partial charge in [-0.2, -0.15) is 0 Å². The van der Waals surface area contributed by atoms with Gasteiger partial charge in [-0.05, 0) is 25.1 Å². The van der Waals surface area contributed by atoms with Crippen LogP contribution in [-0.4, -0.2) is 16.7 Å². The number of hydrazine groups is 1. The fourth-order valence-corrected chi connectivity index (χ4v) is 1.88. The normalized spacial score (nSPS) is 16.3. The van der Waals surface area contributed by atoms with Crippen LogP contribution in [0.5, 0.6) is 0 Å². The molecule has 19 heavy (non-hydrogen) atoms. The van der Waals surface area contributed by atoms with Gasteiger partial charge in [0.05, 0.1) is 11.8 Å². The number of nitrogens with zero attached hydrogens (tertiary/aromatic N) is 1. The molecule has 5 nitrogen and oxygen atoms in total. The van der Waals surface area contributed by atoms with E-state index < -0.39 is 6.10 Å². The number of aliphatic hydroxyl groups excluding tert-OH is 1. The van der Waals surface area contributed by atoms with Crippen molar-refractivity contribution in [1.82, 2.24) is 0 Å². The lowest BCUT2D eigenvalue weighted by Crippen LogP contribution is -2.35. The lowest BCUT2D eigenvalue weighted by Gasteiger charge is -2.24. The fourth-order valence-electron chi connectivity index (χ4n) is 1.88. The Balaban J connectivity index is 2.42. The number of anilines is 1. The van der Waals surface area contributed by atoms with E-state index in [1.165, 1.54) is 18.2 Å². The van der Waals surface area contributed by atoms with Crippen molar-refractivity contribution < 1.29 is 14.7 Å². The molecule has 0 fully saturated rings. The molecule has 0 radical (unpaired) electrons. The minimum Gasteiger partial charge on any atom is -0.389 e. The second-order valence-corrected chi connectivity index (χ2v) is 4.23. The molecule has 1 atom stereocenters. The van der Waals surface area contributed by atoms with Crippen LogP contribution in [0.15, 0.2) is 48.2 Å². The van der Waals surface area contributed by atoms with Crippen LogP contribution < -0.4 is 10.9 Å². The van der Waals surface area contributed by atoms with Crippen LogP contribution in [0.25, 0.3) is 0 Å². The average Bonchev–Trinajstić information content (AvgIpc) is 2.40. The third-order valence-electron chi connectivity index (χ3n) is 2.84. The number of allylic oxidation sites excluding steroid dienone is 3. The number of hydrogen-bond donors (Lipinski definition) is 2. The molecule has 0 aliphatic heterocycles. The maximum absolute atomic E-state index is 11.7. The highest BCUT2D eigenvalue weighted by Crippen LogP contribution is 2.27. The van der Waals surface area contributed by atoms with E-state index in [4.69, 9.17) is 5.84 Å². The summed E-state index contributed by atoms with van der Waals surface area (Å²) in [6.45, 7) is 1.61. The van der Waals surface area contributed by atoms with Crippen molar-refractivity contribution in [2.45, 2.75) is 13.0 Å². The summed E-state index contributed by atoms with van der Waals surface area (Å²) in [4.78, 5) is 23.1. The van der Waals surface area contributed by atoms with Crippen LogP contribution in [0.2, 0.25) is 0 Å². The van der Waals surface area contributed by atoms with E-state index in [0.717, 1.165) is 5.01 Å². The lowest BCUT2D eigenvalue weighted by molar-refractivity contribution is -0.114. The Morgan fingerprint density at radius 2 is 1.89 bits per heavy atom. The molecule has 1 unspecified atom stereocenters. The van der Waals surface area contributed by atoms with E-state index in [1.807, 2.05) is 0 Å². The van der Waals surface area contributed by atoms with Crippen LogP contribution in [-0.2, 0) is 9.59 Å². The zero-order chi connectivity index (χ0) is 14.0. The van der Waals surface area contributed by atoms with Gasteiger partial charge in [-0.15, -0.1) is 0 Å². The van der Waals surface area contributed by atoms with Gasteiger partial charge in [0.2, 0.25) is 5.78 Å². The predicted molar refractivity (Wildman–Crippen MR) is 71.0 cm³/mol. The summed E-state index contributed by atoms with van der Waals surface area (Å²) in [5.41, 5.74) is 1.15. The molecule has 1 aliphatic rings. The van der Waals surface area contributed by atoms with Gasteiger partial charge in [0.25, 0.3) is 0 Å². The highest BCUT2D eigenvalue weighted by atomic mass is 16.3. The number of rotatable bonds is 3. The van der Waals surface area contributed by atoms with Gasteiger partial charge in [0.1, 0.15) is 5.70 Å². The zero-order valence-corrected chi connectivity index (χ0v) is 10.4. The van der Waals surface area contributed by atoms with Crippen molar-refractivity contribution in [2.24, 2.45) is 5.84 Å². The van der Waals surface area contributed by atoms with E-state index in [9.17, 15) is 14.7 Å². The first kappa shape index (κ1) is 13.2.